The molecule has 0 spiro atoms. The molecule has 0 bridgehead atoms. The van der Waals surface area contributed by atoms with Crippen LogP contribution < -0.4 is 5.32 Å². The van der Waals surface area contributed by atoms with Crippen LogP contribution in [0.5, 0.6) is 0 Å². The molecule has 1 aliphatic rings. The molecule has 1 amide bonds. The number of hydrogen-bond donors (Lipinski definition) is 6. The summed E-state index contributed by atoms with van der Waals surface area (Å²) in [5.41, 5.74) is 0. The van der Waals surface area contributed by atoms with Crippen LogP contribution >= 0.6 is 0 Å². The quantitative estimate of drug-likeness (QED) is 0.0261. The predicted octanol–water partition coefficient (Wildman–Crippen LogP) is 13.7. The molecule has 0 aromatic rings. The zero-order valence-corrected chi connectivity index (χ0v) is 43.4. The van der Waals surface area contributed by atoms with E-state index in [1.54, 1.807) is 6.08 Å². The summed E-state index contributed by atoms with van der Waals surface area (Å²) < 4.78 is 11.2. The van der Waals surface area contributed by atoms with Crippen molar-refractivity contribution in [3.63, 3.8) is 0 Å². The second-order valence-corrected chi connectivity index (χ2v) is 19.7. The normalized spacial score (nSPS) is 20.0. The van der Waals surface area contributed by atoms with Gasteiger partial charge in [-0.2, -0.15) is 0 Å². The lowest BCUT2D eigenvalue weighted by molar-refractivity contribution is -0.302. The number of unbranched alkanes of at least 4 members (excludes halogenated alkanes) is 32. The maximum atomic E-state index is 13.0. The van der Waals surface area contributed by atoms with E-state index in [0.717, 1.165) is 57.8 Å². The highest BCUT2D eigenvalue weighted by Crippen LogP contribution is 2.23. The minimum Gasteiger partial charge on any atom is -0.394 e. The molecule has 67 heavy (non-hydrogen) atoms. The van der Waals surface area contributed by atoms with Crippen LogP contribution in [-0.2, 0) is 14.3 Å². The van der Waals surface area contributed by atoms with Gasteiger partial charge in [0.05, 0.1) is 25.4 Å². The Hall–Kier alpha value is -1.85. The average molecular weight is 946 g/mol. The molecule has 9 heteroatoms. The Morgan fingerprint density at radius 2 is 0.851 bits per heavy atom. The van der Waals surface area contributed by atoms with Gasteiger partial charge >= 0.3 is 0 Å². The fourth-order valence-corrected chi connectivity index (χ4v) is 8.83. The summed E-state index contributed by atoms with van der Waals surface area (Å²) in [4.78, 5) is 13.0. The number of allylic oxidation sites excluding steroid dienone is 7. The highest BCUT2D eigenvalue weighted by molar-refractivity contribution is 5.76. The van der Waals surface area contributed by atoms with Crippen molar-refractivity contribution in [1.82, 2.24) is 5.32 Å². The van der Waals surface area contributed by atoms with Crippen LogP contribution in [0, 0.1) is 0 Å². The van der Waals surface area contributed by atoms with E-state index in [-0.39, 0.29) is 12.5 Å². The molecule has 1 rings (SSSR count). The zero-order chi connectivity index (χ0) is 48.7. The van der Waals surface area contributed by atoms with E-state index >= 15 is 0 Å². The Bertz CT molecular complexity index is 1190. The summed E-state index contributed by atoms with van der Waals surface area (Å²) >= 11 is 0. The maximum absolute atomic E-state index is 13.0. The minimum atomic E-state index is -1.58. The number of aliphatic hydroxyl groups is 5. The fourth-order valence-electron chi connectivity index (χ4n) is 8.83. The van der Waals surface area contributed by atoms with E-state index in [1.807, 2.05) is 6.08 Å². The largest absolute Gasteiger partial charge is 0.394 e. The summed E-state index contributed by atoms with van der Waals surface area (Å²) in [5.74, 6) is -0.194. The Kier molecular flexibility index (Phi) is 45.1. The molecule has 9 nitrogen and oxygen atoms in total. The van der Waals surface area contributed by atoms with Crippen molar-refractivity contribution in [3.8, 4) is 0 Å². The molecule has 0 aliphatic carbocycles. The molecule has 0 saturated carbocycles. The van der Waals surface area contributed by atoms with E-state index in [9.17, 15) is 30.3 Å². The lowest BCUT2D eigenvalue weighted by atomic mass is 9.99. The van der Waals surface area contributed by atoms with Gasteiger partial charge in [-0.15, -0.1) is 0 Å². The molecule has 7 unspecified atom stereocenters. The van der Waals surface area contributed by atoms with Gasteiger partial charge in [0.1, 0.15) is 24.4 Å². The van der Waals surface area contributed by atoms with Crippen molar-refractivity contribution >= 4 is 5.91 Å². The maximum Gasteiger partial charge on any atom is 0.220 e. The number of ether oxygens (including phenoxy) is 2. The second kappa shape index (κ2) is 47.8. The van der Waals surface area contributed by atoms with Gasteiger partial charge in [-0.25, -0.2) is 0 Å². The van der Waals surface area contributed by atoms with Crippen LogP contribution in [0.1, 0.15) is 258 Å². The first kappa shape index (κ1) is 63.2. The third-order valence-corrected chi connectivity index (χ3v) is 13.4. The van der Waals surface area contributed by atoms with E-state index in [0.29, 0.717) is 6.42 Å². The van der Waals surface area contributed by atoms with Crippen molar-refractivity contribution < 1.29 is 39.8 Å². The molecular weight excluding hydrogens is 839 g/mol. The average Bonchev–Trinajstić information content (AvgIpc) is 3.33. The van der Waals surface area contributed by atoms with Gasteiger partial charge in [0, 0.05) is 6.42 Å². The summed E-state index contributed by atoms with van der Waals surface area (Å²) in [6.45, 7) is 3.77. The van der Waals surface area contributed by atoms with E-state index in [1.165, 1.54) is 180 Å². The van der Waals surface area contributed by atoms with Gasteiger partial charge in [0.25, 0.3) is 0 Å². The first-order valence-corrected chi connectivity index (χ1v) is 28.4. The molecular formula is C58H107NO8. The molecule has 6 N–H and O–H groups in total. The SMILES string of the molecule is CCCCCCCCCCC/C=C\CCCCCCCCCC(=O)NC(COC1OC(CO)C(O)C(O)C1O)C(O)/C=C/CC/C=C/CC/C=C/CCCCCCCCCCCCCCCC. The van der Waals surface area contributed by atoms with Crippen LogP contribution in [0.15, 0.2) is 48.6 Å². The number of carbonyl (C=O) groups is 1. The van der Waals surface area contributed by atoms with Gasteiger partial charge in [-0.3, -0.25) is 4.79 Å². The number of amides is 1. The summed E-state index contributed by atoms with van der Waals surface area (Å²) in [5, 5.41) is 54.4. The van der Waals surface area contributed by atoms with E-state index in [2.05, 4.69) is 55.6 Å². The fraction of sp³-hybridized carbons (Fsp3) is 0.845. The lowest BCUT2D eigenvalue weighted by Gasteiger charge is -2.40. The molecule has 0 aromatic heterocycles. The van der Waals surface area contributed by atoms with Gasteiger partial charge in [-0.05, 0) is 70.6 Å². The molecule has 0 radical (unpaired) electrons. The van der Waals surface area contributed by atoms with Crippen LogP contribution in [-0.4, -0.2) is 87.5 Å². The molecule has 1 fully saturated rings. The topological polar surface area (TPSA) is 149 Å². The van der Waals surface area contributed by atoms with Crippen molar-refractivity contribution in [3.05, 3.63) is 48.6 Å². The standard InChI is InChI=1S/C58H107NO8/c1-3-5-7-9-11-13-15-17-19-21-23-25-26-27-28-29-31-33-35-37-39-41-43-45-47-52(61)51(50-66-58-57(65)56(64)55(63)53(49-60)67-58)59-54(62)48-46-44-42-40-38-36-34-32-30-24-22-20-18-16-14-12-10-8-6-4-2/h24,29-31,37,39,45,47,51-53,55-58,60-61,63-65H,3-23,25-28,32-36,38,40-44,46,48-50H2,1-2H3,(H,59,62)/b30-24-,31-29+,39-37+,47-45+. The van der Waals surface area contributed by atoms with E-state index < -0.39 is 49.5 Å². The Morgan fingerprint density at radius 3 is 1.25 bits per heavy atom. The molecule has 7 atom stereocenters. The van der Waals surface area contributed by atoms with Gasteiger partial charge in [0.15, 0.2) is 6.29 Å². The Balaban J connectivity index is 2.29. The number of carbonyl (C=O) groups excluding carboxylic acids is 1. The van der Waals surface area contributed by atoms with Crippen molar-refractivity contribution in [1.29, 1.82) is 0 Å². The number of aliphatic hydroxyl groups excluding tert-OH is 5. The molecule has 1 saturated heterocycles. The highest BCUT2D eigenvalue weighted by atomic mass is 16.7. The third-order valence-electron chi connectivity index (χ3n) is 13.4. The van der Waals surface area contributed by atoms with E-state index in [4.69, 9.17) is 9.47 Å². The first-order valence-electron chi connectivity index (χ1n) is 28.4. The Labute approximate surface area is 412 Å². The minimum absolute atomic E-state index is 0.194. The third kappa shape index (κ3) is 37.6. The van der Waals surface area contributed by atoms with Gasteiger partial charge in [0.2, 0.25) is 5.91 Å². The van der Waals surface area contributed by atoms with Crippen LogP contribution in [0.4, 0.5) is 0 Å². The summed E-state index contributed by atoms with van der Waals surface area (Å²) in [7, 11) is 0. The molecule has 392 valence electrons. The first-order chi connectivity index (χ1) is 32.8. The van der Waals surface area contributed by atoms with Crippen molar-refractivity contribution in [2.75, 3.05) is 13.2 Å². The van der Waals surface area contributed by atoms with Crippen LogP contribution in [0.3, 0.4) is 0 Å². The number of nitrogens with one attached hydrogen (secondary N) is 1. The smallest absolute Gasteiger partial charge is 0.220 e. The summed E-state index contributed by atoms with van der Waals surface area (Å²) in [6.07, 6.45) is 56.0. The second-order valence-electron chi connectivity index (χ2n) is 19.7. The van der Waals surface area contributed by atoms with Crippen molar-refractivity contribution in [2.45, 2.75) is 301 Å². The van der Waals surface area contributed by atoms with Gasteiger partial charge in [-0.1, -0.05) is 229 Å². The number of hydrogen-bond acceptors (Lipinski definition) is 8. The molecule has 1 heterocycles. The van der Waals surface area contributed by atoms with Crippen molar-refractivity contribution in [2.24, 2.45) is 0 Å². The highest BCUT2D eigenvalue weighted by Gasteiger charge is 2.44. The summed E-state index contributed by atoms with van der Waals surface area (Å²) in [6, 6.07) is -0.831. The zero-order valence-electron chi connectivity index (χ0n) is 43.4. The Morgan fingerprint density at radius 1 is 0.493 bits per heavy atom. The lowest BCUT2D eigenvalue weighted by Crippen LogP contribution is -2.60. The molecule has 1 aliphatic heterocycles. The van der Waals surface area contributed by atoms with Gasteiger partial charge < -0.3 is 40.3 Å². The van der Waals surface area contributed by atoms with Crippen LogP contribution in [0.25, 0.3) is 0 Å². The predicted molar refractivity (Wildman–Crippen MR) is 281 cm³/mol. The number of rotatable bonds is 48. The molecule has 0 aromatic carbocycles. The van der Waals surface area contributed by atoms with Crippen LogP contribution in [0.2, 0.25) is 0 Å². The monoisotopic (exact) mass is 946 g/mol.